The van der Waals surface area contributed by atoms with Crippen molar-refractivity contribution in [3.63, 3.8) is 0 Å². The van der Waals surface area contributed by atoms with Crippen LogP contribution in [0.15, 0.2) is 60.3 Å². The second kappa shape index (κ2) is 35.9. The maximum Gasteiger partial charge on any atom is 0.328 e. The maximum absolute atomic E-state index is 14.3. The van der Waals surface area contributed by atoms with Gasteiger partial charge in [-0.05, 0) is 77.2 Å². The molecule has 1 aliphatic carbocycles. The number of likely N-dealkylation sites (tertiary alicyclic amines) is 1. The lowest BCUT2D eigenvalue weighted by atomic mass is 9.90. The van der Waals surface area contributed by atoms with E-state index in [-0.39, 0.29) is 72.2 Å². The first-order valence-electron chi connectivity index (χ1n) is 28.1. The van der Waals surface area contributed by atoms with Gasteiger partial charge in [0.1, 0.15) is 6.04 Å². The van der Waals surface area contributed by atoms with Crippen LogP contribution in [0.2, 0.25) is 0 Å². The predicted octanol–water partition coefficient (Wildman–Crippen LogP) is 6.55. The van der Waals surface area contributed by atoms with Crippen LogP contribution in [-0.4, -0.2) is 183 Å². The van der Waals surface area contributed by atoms with Gasteiger partial charge in [-0.1, -0.05) is 116 Å². The number of amides is 7. The third-order valence-corrected chi connectivity index (χ3v) is 14.9. The number of likely N-dealkylation sites (N-methyl/N-ethyl adjacent to an activating group) is 3. The van der Waals surface area contributed by atoms with Crippen molar-refractivity contribution in [2.75, 3.05) is 68.7 Å². The molecule has 0 aromatic rings. The number of esters is 1. The van der Waals surface area contributed by atoms with Gasteiger partial charge in [-0.25, -0.2) is 4.79 Å². The number of nitrogens with one attached hydrogen (secondary N) is 2. The van der Waals surface area contributed by atoms with Crippen LogP contribution in [0.4, 0.5) is 0 Å². The lowest BCUT2D eigenvalue weighted by molar-refractivity contribution is -0.148. The molecule has 3 aliphatic rings. The summed E-state index contributed by atoms with van der Waals surface area (Å²) in [6.45, 7) is 17.0. The zero-order valence-electron chi connectivity index (χ0n) is 49.2. The molecular weight excluding hydrogens is 983 g/mol. The molecule has 2 heterocycles. The van der Waals surface area contributed by atoms with E-state index >= 15 is 0 Å². The van der Waals surface area contributed by atoms with Gasteiger partial charge in [0.15, 0.2) is 0 Å². The highest BCUT2D eigenvalue weighted by atomic mass is 16.5. The minimum atomic E-state index is -0.850. The molecule has 9 atom stereocenters. The van der Waals surface area contributed by atoms with Gasteiger partial charge in [0.25, 0.3) is 11.8 Å². The second-order valence-corrected chi connectivity index (χ2v) is 21.0. The van der Waals surface area contributed by atoms with Crippen LogP contribution in [-0.2, 0) is 52.6 Å². The normalized spacial score (nSPS) is 19.1. The number of ether oxygens (including phenoxy) is 3. The molecule has 7 amide bonds. The first-order chi connectivity index (χ1) is 36.7. The summed E-state index contributed by atoms with van der Waals surface area (Å²) >= 11 is 0. The Morgan fingerprint density at radius 3 is 2.12 bits per heavy atom. The molecule has 0 radical (unpaired) electrons. The van der Waals surface area contributed by atoms with E-state index in [0.717, 1.165) is 12.0 Å². The van der Waals surface area contributed by atoms with E-state index in [1.54, 1.807) is 28.7 Å². The van der Waals surface area contributed by atoms with E-state index in [4.69, 9.17) is 14.2 Å². The lowest BCUT2D eigenvalue weighted by Crippen LogP contribution is -2.55. The summed E-state index contributed by atoms with van der Waals surface area (Å²) in [6.07, 6.45) is 23.0. The molecule has 2 N–H and O–H groups in total. The van der Waals surface area contributed by atoms with Gasteiger partial charge in [0, 0.05) is 66.5 Å². The first-order valence-corrected chi connectivity index (χ1v) is 28.1. The van der Waals surface area contributed by atoms with Crippen molar-refractivity contribution in [2.45, 2.75) is 181 Å². The fourth-order valence-electron chi connectivity index (χ4n) is 10.3. The predicted molar refractivity (Wildman–Crippen MR) is 301 cm³/mol. The van der Waals surface area contributed by atoms with E-state index in [2.05, 4.69) is 30.6 Å². The van der Waals surface area contributed by atoms with Gasteiger partial charge < -0.3 is 39.5 Å². The Morgan fingerprint density at radius 2 is 1.55 bits per heavy atom. The van der Waals surface area contributed by atoms with E-state index in [9.17, 15) is 38.4 Å². The van der Waals surface area contributed by atoms with Crippen molar-refractivity contribution in [2.24, 2.45) is 17.8 Å². The number of nitrogens with zero attached hydrogens (tertiary/aromatic N) is 5. The SMILES string of the molecule is C/C=C\C=C/CC[C@H](NC(=O)[C@H](C)[C@@H](OC)[C@@H]1CCCN1C(=O)CC(OC)C(C(C)CC)N(C)C(=O)CNC(=O)C(C(C)C)N(C)CCC1=CCC(N(C)C(=O)CCCCCN2C(=O)C=CC2=O)C=C1)C(=O)OC.CCC. The Balaban J connectivity index is 0.00000659. The monoisotopic (exact) mass is 1080 g/mol. The minimum Gasteiger partial charge on any atom is -0.467 e. The molecule has 0 aromatic carbocycles. The molecule has 0 saturated carbocycles. The van der Waals surface area contributed by atoms with Crippen LogP contribution in [0.25, 0.3) is 0 Å². The lowest BCUT2D eigenvalue weighted by Gasteiger charge is -2.39. The van der Waals surface area contributed by atoms with Crippen LogP contribution < -0.4 is 10.6 Å². The Kier molecular flexibility index (Phi) is 31.5. The van der Waals surface area contributed by atoms with Crippen molar-refractivity contribution in [1.29, 1.82) is 0 Å². The number of methoxy groups -OCH3 is 3. The van der Waals surface area contributed by atoms with Crippen molar-refractivity contribution in [3.8, 4) is 0 Å². The highest BCUT2D eigenvalue weighted by Gasteiger charge is 2.43. The van der Waals surface area contributed by atoms with Crippen molar-refractivity contribution in [1.82, 2.24) is 35.1 Å². The molecule has 18 heteroatoms. The number of hydrogen-bond donors (Lipinski definition) is 2. The molecule has 2 aliphatic heterocycles. The molecule has 0 spiro atoms. The molecule has 1 fully saturated rings. The number of unbranched alkanes of at least 4 members (excludes halogenated alkanes) is 2. The molecule has 0 bridgehead atoms. The van der Waals surface area contributed by atoms with Crippen LogP contribution >= 0.6 is 0 Å². The van der Waals surface area contributed by atoms with Crippen LogP contribution in [0.5, 0.6) is 0 Å². The maximum atomic E-state index is 14.3. The minimum absolute atomic E-state index is 0.0236. The summed E-state index contributed by atoms with van der Waals surface area (Å²) in [7, 11) is 9.73. The average Bonchev–Trinajstić information content (AvgIpc) is 4.03. The largest absolute Gasteiger partial charge is 0.467 e. The van der Waals surface area contributed by atoms with Gasteiger partial charge in [-0.2, -0.15) is 0 Å². The fourth-order valence-corrected chi connectivity index (χ4v) is 10.3. The van der Waals surface area contributed by atoms with Gasteiger partial charge in [0.05, 0.1) is 62.4 Å². The highest BCUT2D eigenvalue weighted by molar-refractivity contribution is 6.12. The van der Waals surface area contributed by atoms with E-state index in [1.165, 1.54) is 44.8 Å². The van der Waals surface area contributed by atoms with Gasteiger partial charge in [-0.15, -0.1) is 0 Å². The molecular formula is C59H97N7O11. The summed E-state index contributed by atoms with van der Waals surface area (Å²) in [6, 6.07) is -2.34. The average molecular weight is 1080 g/mol. The highest BCUT2D eigenvalue weighted by Crippen LogP contribution is 2.30. The molecule has 77 heavy (non-hydrogen) atoms. The Labute approximate surface area is 461 Å². The van der Waals surface area contributed by atoms with E-state index < -0.39 is 48.3 Å². The zero-order valence-corrected chi connectivity index (χ0v) is 49.2. The summed E-state index contributed by atoms with van der Waals surface area (Å²) in [4.78, 5) is 113. The van der Waals surface area contributed by atoms with Gasteiger partial charge in [-0.3, -0.25) is 43.4 Å². The van der Waals surface area contributed by atoms with E-state index in [1.807, 2.05) is 90.1 Å². The van der Waals surface area contributed by atoms with Crippen LogP contribution in [0.1, 0.15) is 139 Å². The number of allylic oxidation sites excluding steroid dienone is 5. The van der Waals surface area contributed by atoms with Crippen molar-refractivity contribution < 1.29 is 52.6 Å². The number of imide groups is 1. The fraction of sp³-hybridized carbons (Fsp3) is 0.695. The molecule has 5 unspecified atom stereocenters. The Bertz CT molecular complexity index is 2050. The van der Waals surface area contributed by atoms with E-state index in [0.29, 0.717) is 83.8 Å². The summed E-state index contributed by atoms with van der Waals surface area (Å²) in [5.41, 5.74) is 1.11. The molecule has 434 valence electrons. The number of rotatable bonds is 32. The number of carbonyl (C=O) groups is 8. The summed E-state index contributed by atoms with van der Waals surface area (Å²) in [5, 5.41) is 5.75. The number of carbonyl (C=O) groups excluding carboxylic acids is 8. The molecule has 1 saturated heterocycles. The van der Waals surface area contributed by atoms with Gasteiger partial charge >= 0.3 is 5.97 Å². The van der Waals surface area contributed by atoms with Crippen molar-refractivity contribution in [3.05, 3.63) is 60.3 Å². The zero-order chi connectivity index (χ0) is 57.8. The quantitative estimate of drug-likeness (QED) is 0.0319. The van der Waals surface area contributed by atoms with Crippen LogP contribution in [0.3, 0.4) is 0 Å². The standard InChI is InChI=1S/C56H89N7O11.C3H8/c1-13-15-16-17-19-23-43(56(71)74-12)58-54(69)40(6)53(73-11)44-24-22-34-62(44)49(67)36-45(72-10)52(39(5)14-2)61(9)50(68)37-57-55(70)51(38(3)4)59(7)35-32-41-26-28-42(29-27-41)60(8)46(64)25-20-18-21-33-63-47(65)30-31-48(63)66;1-3-2/h13,15-17,26-28,30-31,38-40,42-45,51-53H,14,18-25,29,32-37H2,1-12H3,(H,57,70)(H,58,69);3H2,1-2H3/b15-13-,17-16-;/t39?,40-,42?,43+,44+,45?,51?,52?,53-;/m1./s1. The second-order valence-electron chi connectivity index (χ2n) is 21.0. The Hall–Kier alpha value is -5.46. The Morgan fingerprint density at radius 1 is 0.870 bits per heavy atom. The number of hydrogen-bond acceptors (Lipinski definition) is 12. The summed E-state index contributed by atoms with van der Waals surface area (Å²) < 4.78 is 16.9. The molecule has 18 nitrogen and oxygen atoms in total. The van der Waals surface area contributed by atoms with Crippen LogP contribution in [0, 0.1) is 17.8 Å². The van der Waals surface area contributed by atoms with Crippen molar-refractivity contribution >= 4 is 47.3 Å². The molecule has 3 rings (SSSR count). The third-order valence-electron chi connectivity index (χ3n) is 14.9. The first kappa shape index (κ1) is 67.6. The summed E-state index contributed by atoms with van der Waals surface area (Å²) in [5.74, 6) is -3.07. The smallest absolute Gasteiger partial charge is 0.328 e. The molecule has 0 aromatic heterocycles. The third kappa shape index (κ3) is 21.4. The topological polar surface area (TPSA) is 205 Å². The van der Waals surface area contributed by atoms with Gasteiger partial charge in [0.2, 0.25) is 29.5 Å².